The van der Waals surface area contributed by atoms with Gasteiger partial charge in [-0.3, -0.25) is 0 Å². The number of nitrogens with two attached hydrogens (primary N) is 1. The maximum Gasteiger partial charge on any atom is 0.243 e. The summed E-state index contributed by atoms with van der Waals surface area (Å²) in [5.41, 5.74) is 7.68. The predicted octanol–water partition coefficient (Wildman–Crippen LogP) is 1.93. The van der Waals surface area contributed by atoms with E-state index in [1.165, 1.54) is 4.31 Å². The highest BCUT2D eigenvalue weighted by atomic mass is 32.2. The fourth-order valence-electron chi connectivity index (χ4n) is 2.55. The van der Waals surface area contributed by atoms with Gasteiger partial charge in [-0.15, -0.1) is 0 Å². The number of rotatable bonds is 6. The normalized spacial score (nSPS) is 13.7. The van der Waals surface area contributed by atoms with Gasteiger partial charge in [-0.2, -0.15) is 4.31 Å². The second-order valence-corrected chi connectivity index (χ2v) is 6.82. The predicted molar refractivity (Wildman–Crippen MR) is 81.2 cm³/mol. The summed E-state index contributed by atoms with van der Waals surface area (Å²) in [7, 11) is -1.99. The van der Waals surface area contributed by atoms with Crippen molar-refractivity contribution in [1.82, 2.24) is 4.31 Å². The summed E-state index contributed by atoms with van der Waals surface area (Å²) in [5, 5.41) is 0. The number of sulfonamides is 1. The quantitative estimate of drug-likeness (QED) is 0.815. The highest BCUT2D eigenvalue weighted by Gasteiger charge is 2.30. The zero-order valence-electron chi connectivity index (χ0n) is 12.8. The van der Waals surface area contributed by atoms with E-state index in [1.807, 2.05) is 13.8 Å². The molecule has 1 aromatic carbocycles. The molecule has 1 rings (SSSR count). The van der Waals surface area contributed by atoms with E-state index in [4.69, 9.17) is 10.5 Å². The maximum atomic E-state index is 12.9. The van der Waals surface area contributed by atoms with Gasteiger partial charge < -0.3 is 10.5 Å². The standard InChI is InChI=1S/C14H24N2O3S/c1-6-16(12(4)9-19-5)20(17,18)14-10(2)7-13(15)8-11(14)3/h7-8,12H,6,9,15H2,1-5H3. The minimum atomic E-state index is -3.55. The Morgan fingerprint density at radius 1 is 1.30 bits per heavy atom. The van der Waals surface area contributed by atoms with E-state index in [2.05, 4.69) is 0 Å². The summed E-state index contributed by atoms with van der Waals surface area (Å²) in [5.74, 6) is 0. The molecule has 0 aliphatic carbocycles. The number of aryl methyl sites for hydroxylation is 2. The SMILES string of the molecule is CCN(C(C)COC)S(=O)(=O)c1c(C)cc(N)cc1C. The Bertz CT molecular complexity index is 547. The lowest BCUT2D eigenvalue weighted by Gasteiger charge is -2.28. The monoisotopic (exact) mass is 300 g/mol. The van der Waals surface area contributed by atoms with Crippen molar-refractivity contribution < 1.29 is 13.2 Å². The fraction of sp³-hybridized carbons (Fsp3) is 0.571. The number of anilines is 1. The van der Waals surface area contributed by atoms with Crippen molar-refractivity contribution in [2.45, 2.75) is 38.6 Å². The van der Waals surface area contributed by atoms with Gasteiger partial charge in [-0.05, 0) is 44.0 Å². The number of hydrogen-bond acceptors (Lipinski definition) is 4. The number of benzene rings is 1. The zero-order chi connectivity index (χ0) is 15.5. The third kappa shape index (κ3) is 3.31. The number of methoxy groups -OCH3 is 1. The van der Waals surface area contributed by atoms with Crippen LogP contribution < -0.4 is 5.73 Å². The van der Waals surface area contributed by atoms with Crippen LogP contribution in [0.3, 0.4) is 0 Å². The minimum Gasteiger partial charge on any atom is -0.399 e. The molecule has 6 heteroatoms. The first-order chi connectivity index (χ1) is 9.25. The lowest BCUT2D eigenvalue weighted by Crippen LogP contribution is -2.41. The number of ether oxygens (including phenoxy) is 1. The van der Waals surface area contributed by atoms with Crippen LogP contribution in [0.4, 0.5) is 5.69 Å². The molecule has 2 N–H and O–H groups in total. The molecule has 0 spiro atoms. The Kier molecular flexibility index (Phi) is 5.56. The van der Waals surface area contributed by atoms with Crippen LogP contribution in [0.2, 0.25) is 0 Å². The van der Waals surface area contributed by atoms with Crippen LogP contribution in [-0.4, -0.2) is 39.0 Å². The average molecular weight is 300 g/mol. The topological polar surface area (TPSA) is 72.6 Å². The summed E-state index contributed by atoms with van der Waals surface area (Å²) < 4.78 is 32.3. The van der Waals surface area contributed by atoms with Gasteiger partial charge in [0.15, 0.2) is 0 Å². The van der Waals surface area contributed by atoms with Crippen LogP contribution in [0, 0.1) is 13.8 Å². The van der Waals surface area contributed by atoms with E-state index >= 15 is 0 Å². The molecule has 114 valence electrons. The molecule has 1 aromatic rings. The van der Waals surface area contributed by atoms with Gasteiger partial charge in [0.25, 0.3) is 0 Å². The molecule has 0 fully saturated rings. The van der Waals surface area contributed by atoms with Gasteiger partial charge >= 0.3 is 0 Å². The Labute approximate surface area is 121 Å². The molecule has 0 bridgehead atoms. The van der Waals surface area contributed by atoms with Crippen molar-refractivity contribution in [2.24, 2.45) is 0 Å². The molecule has 0 amide bonds. The zero-order valence-corrected chi connectivity index (χ0v) is 13.6. The third-order valence-electron chi connectivity index (χ3n) is 3.26. The molecule has 0 radical (unpaired) electrons. The van der Waals surface area contributed by atoms with Gasteiger partial charge in [0.2, 0.25) is 10.0 Å². The number of nitrogen functional groups attached to an aromatic ring is 1. The molecule has 0 heterocycles. The van der Waals surface area contributed by atoms with Gasteiger partial charge in [-0.1, -0.05) is 6.92 Å². The Balaban J connectivity index is 3.35. The molecule has 1 unspecified atom stereocenters. The van der Waals surface area contributed by atoms with E-state index in [-0.39, 0.29) is 6.04 Å². The van der Waals surface area contributed by atoms with E-state index in [1.54, 1.807) is 33.1 Å². The second-order valence-electron chi connectivity index (χ2n) is 5.00. The highest BCUT2D eigenvalue weighted by molar-refractivity contribution is 7.89. The fourth-order valence-corrected chi connectivity index (χ4v) is 4.59. The molecule has 0 aromatic heterocycles. The lowest BCUT2D eigenvalue weighted by molar-refractivity contribution is 0.142. The Morgan fingerprint density at radius 3 is 2.20 bits per heavy atom. The summed E-state index contributed by atoms with van der Waals surface area (Å²) in [6, 6.07) is 3.16. The van der Waals surface area contributed by atoms with Crippen LogP contribution in [-0.2, 0) is 14.8 Å². The molecule has 1 atom stereocenters. The van der Waals surface area contributed by atoms with Crippen molar-refractivity contribution in [3.8, 4) is 0 Å². The summed E-state index contributed by atoms with van der Waals surface area (Å²) in [4.78, 5) is 0.344. The molecule has 20 heavy (non-hydrogen) atoms. The third-order valence-corrected chi connectivity index (χ3v) is 5.66. The first-order valence-corrected chi connectivity index (χ1v) is 8.07. The van der Waals surface area contributed by atoms with E-state index in [9.17, 15) is 8.42 Å². The lowest BCUT2D eigenvalue weighted by atomic mass is 10.1. The molecular weight excluding hydrogens is 276 g/mol. The minimum absolute atomic E-state index is 0.216. The van der Waals surface area contributed by atoms with Crippen molar-refractivity contribution in [2.75, 3.05) is 26.0 Å². The number of likely N-dealkylation sites (N-methyl/N-ethyl adjacent to an activating group) is 1. The van der Waals surface area contributed by atoms with E-state index in [0.717, 1.165) is 0 Å². The van der Waals surface area contributed by atoms with Crippen LogP contribution in [0.25, 0.3) is 0 Å². The number of nitrogens with zero attached hydrogens (tertiary/aromatic N) is 1. The molecule has 0 aliphatic heterocycles. The summed E-state index contributed by atoms with van der Waals surface area (Å²) in [6.45, 7) is 7.96. The van der Waals surface area contributed by atoms with Crippen molar-refractivity contribution in [3.05, 3.63) is 23.3 Å². The van der Waals surface area contributed by atoms with Crippen LogP contribution in [0.15, 0.2) is 17.0 Å². The van der Waals surface area contributed by atoms with Gasteiger partial charge in [0.1, 0.15) is 0 Å². The molecule has 0 saturated carbocycles. The van der Waals surface area contributed by atoms with E-state index < -0.39 is 10.0 Å². The van der Waals surface area contributed by atoms with Crippen molar-refractivity contribution in [1.29, 1.82) is 0 Å². The second kappa shape index (κ2) is 6.56. The Morgan fingerprint density at radius 2 is 1.80 bits per heavy atom. The van der Waals surface area contributed by atoms with Gasteiger partial charge in [-0.25, -0.2) is 8.42 Å². The largest absolute Gasteiger partial charge is 0.399 e. The Hall–Kier alpha value is -1.11. The summed E-state index contributed by atoms with van der Waals surface area (Å²) >= 11 is 0. The first kappa shape index (κ1) is 16.9. The van der Waals surface area contributed by atoms with Gasteiger partial charge in [0.05, 0.1) is 11.5 Å². The summed E-state index contributed by atoms with van der Waals surface area (Å²) in [6.07, 6.45) is 0. The highest BCUT2D eigenvalue weighted by Crippen LogP contribution is 2.27. The van der Waals surface area contributed by atoms with Crippen LogP contribution in [0.1, 0.15) is 25.0 Å². The average Bonchev–Trinajstić information content (AvgIpc) is 2.27. The van der Waals surface area contributed by atoms with Crippen molar-refractivity contribution >= 4 is 15.7 Å². The van der Waals surface area contributed by atoms with Crippen LogP contribution in [0.5, 0.6) is 0 Å². The molecule has 0 aliphatic rings. The first-order valence-electron chi connectivity index (χ1n) is 6.63. The van der Waals surface area contributed by atoms with E-state index in [0.29, 0.717) is 34.9 Å². The molecule has 0 saturated heterocycles. The smallest absolute Gasteiger partial charge is 0.243 e. The van der Waals surface area contributed by atoms with Gasteiger partial charge in [0, 0.05) is 25.4 Å². The molecule has 5 nitrogen and oxygen atoms in total. The number of hydrogen-bond donors (Lipinski definition) is 1. The van der Waals surface area contributed by atoms with Crippen LogP contribution >= 0.6 is 0 Å². The van der Waals surface area contributed by atoms with Crippen molar-refractivity contribution in [3.63, 3.8) is 0 Å². The maximum absolute atomic E-state index is 12.9. The molecular formula is C14H24N2O3S.